The molecule has 0 bridgehead atoms. The van der Waals surface area contributed by atoms with Gasteiger partial charge in [-0.1, -0.05) is 6.92 Å². The predicted octanol–water partition coefficient (Wildman–Crippen LogP) is 0.933. The summed E-state index contributed by atoms with van der Waals surface area (Å²) in [5, 5.41) is 0. The average Bonchev–Trinajstić information content (AvgIpc) is 2.18. The van der Waals surface area contributed by atoms with Crippen LogP contribution in [0.1, 0.15) is 13.3 Å². The number of halogens is 1. The van der Waals surface area contributed by atoms with E-state index in [9.17, 15) is 9.18 Å². The minimum Gasteiger partial charge on any atom is -0.303 e. The van der Waals surface area contributed by atoms with Crippen molar-refractivity contribution in [3.05, 3.63) is 0 Å². The Morgan fingerprint density at radius 1 is 2.00 bits per heavy atom. The van der Waals surface area contributed by atoms with E-state index in [2.05, 4.69) is 0 Å². The van der Waals surface area contributed by atoms with Gasteiger partial charge in [-0.2, -0.15) is 0 Å². The first-order valence-electron chi connectivity index (χ1n) is 2.29. The normalized spacial score (nSPS) is 48.6. The lowest BCUT2D eigenvalue weighted by molar-refractivity contribution is -0.112. The van der Waals surface area contributed by atoms with Gasteiger partial charge in [-0.3, -0.25) is 0 Å². The van der Waals surface area contributed by atoms with Crippen LogP contribution in [0.2, 0.25) is 0 Å². The lowest BCUT2D eigenvalue weighted by Gasteiger charge is -1.87. The van der Waals surface area contributed by atoms with Crippen molar-refractivity contribution >= 4 is 6.29 Å². The van der Waals surface area contributed by atoms with Crippen molar-refractivity contribution in [1.82, 2.24) is 0 Å². The molecule has 0 aliphatic heterocycles. The Labute approximate surface area is 41.5 Å². The van der Waals surface area contributed by atoms with Crippen LogP contribution in [-0.4, -0.2) is 12.5 Å². The summed E-state index contributed by atoms with van der Waals surface area (Å²) in [6.45, 7) is 1.63. The molecule has 40 valence electrons. The second-order valence-corrected chi connectivity index (χ2v) is 2.30. The quantitative estimate of drug-likeness (QED) is 0.450. The highest BCUT2D eigenvalue weighted by Crippen LogP contribution is 2.45. The number of rotatable bonds is 1. The molecular weight excluding hydrogens is 95.1 g/mol. The summed E-state index contributed by atoms with van der Waals surface area (Å²) in [5.74, 6) is 0. The van der Waals surface area contributed by atoms with Crippen LogP contribution in [0.15, 0.2) is 0 Å². The zero-order valence-electron chi connectivity index (χ0n) is 4.15. The Kier molecular flexibility index (Phi) is 0.716. The molecule has 1 aliphatic carbocycles. The molecule has 7 heavy (non-hydrogen) atoms. The van der Waals surface area contributed by atoms with Crippen LogP contribution in [0.4, 0.5) is 4.39 Å². The summed E-state index contributed by atoms with van der Waals surface area (Å²) in [6.07, 6.45) is 0.263. The van der Waals surface area contributed by atoms with E-state index in [0.29, 0.717) is 12.7 Å². The van der Waals surface area contributed by atoms with Crippen LogP contribution in [0, 0.1) is 5.41 Å². The Morgan fingerprint density at radius 2 is 2.43 bits per heavy atom. The first-order chi connectivity index (χ1) is 3.19. The molecule has 1 aliphatic rings. The number of carbonyl (C=O) groups is 1. The number of alkyl halides is 1. The van der Waals surface area contributed by atoms with E-state index in [4.69, 9.17) is 0 Å². The van der Waals surface area contributed by atoms with Gasteiger partial charge in [0, 0.05) is 0 Å². The van der Waals surface area contributed by atoms with Crippen LogP contribution >= 0.6 is 0 Å². The van der Waals surface area contributed by atoms with Gasteiger partial charge in [-0.25, -0.2) is 4.39 Å². The highest BCUT2D eigenvalue weighted by molar-refractivity contribution is 5.64. The smallest absolute Gasteiger partial charge is 0.128 e. The molecular formula is C5H7FO. The minimum atomic E-state index is -0.856. The molecule has 0 radical (unpaired) electrons. The third-order valence-electron chi connectivity index (χ3n) is 1.44. The molecule has 1 nitrogen and oxygen atoms in total. The third kappa shape index (κ3) is 0.539. The summed E-state index contributed by atoms with van der Waals surface area (Å²) >= 11 is 0. The maximum atomic E-state index is 11.9. The monoisotopic (exact) mass is 102 g/mol. The van der Waals surface area contributed by atoms with Crippen molar-refractivity contribution in [2.75, 3.05) is 0 Å². The summed E-state index contributed by atoms with van der Waals surface area (Å²) in [4.78, 5) is 9.86. The fourth-order valence-electron chi connectivity index (χ4n) is 0.449. The van der Waals surface area contributed by atoms with Crippen LogP contribution < -0.4 is 0 Å². The first-order valence-corrected chi connectivity index (χ1v) is 2.29. The molecule has 0 aromatic rings. The van der Waals surface area contributed by atoms with Gasteiger partial charge in [-0.05, 0) is 6.42 Å². The van der Waals surface area contributed by atoms with Gasteiger partial charge in [0.2, 0.25) is 0 Å². The van der Waals surface area contributed by atoms with Crippen LogP contribution in [-0.2, 0) is 4.79 Å². The van der Waals surface area contributed by atoms with Gasteiger partial charge in [0.05, 0.1) is 5.41 Å². The number of hydrogen-bond donors (Lipinski definition) is 0. The molecule has 2 atom stereocenters. The number of aldehydes is 1. The van der Waals surface area contributed by atoms with Crippen molar-refractivity contribution in [2.45, 2.75) is 19.5 Å². The van der Waals surface area contributed by atoms with Crippen molar-refractivity contribution in [3.8, 4) is 0 Å². The van der Waals surface area contributed by atoms with Gasteiger partial charge in [0.15, 0.2) is 0 Å². The van der Waals surface area contributed by atoms with E-state index >= 15 is 0 Å². The number of carbonyl (C=O) groups excluding carboxylic acids is 1. The zero-order valence-corrected chi connectivity index (χ0v) is 4.15. The third-order valence-corrected chi connectivity index (χ3v) is 1.44. The zero-order chi connectivity index (χ0) is 5.49. The molecule has 0 aromatic heterocycles. The molecule has 2 heteroatoms. The molecule has 2 unspecified atom stereocenters. The van der Waals surface area contributed by atoms with Crippen molar-refractivity contribution in [2.24, 2.45) is 5.41 Å². The van der Waals surface area contributed by atoms with Crippen LogP contribution in [0.25, 0.3) is 0 Å². The summed E-state index contributed by atoms with van der Waals surface area (Å²) < 4.78 is 11.9. The largest absolute Gasteiger partial charge is 0.303 e. The Balaban J connectivity index is 2.51. The Bertz CT molecular complexity index is 102. The molecule has 0 heterocycles. The fraction of sp³-hybridized carbons (Fsp3) is 0.800. The maximum absolute atomic E-state index is 11.9. The molecule has 0 saturated heterocycles. The summed E-state index contributed by atoms with van der Waals surface area (Å²) in [6, 6.07) is 0. The van der Waals surface area contributed by atoms with Crippen molar-refractivity contribution < 1.29 is 9.18 Å². The lowest BCUT2D eigenvalue weighted by atomic mass is 10.2. The van der Waals surface area contributed by atoms with E-state index in [0.717, 1.165) is 0 Å². The molecule has 0 spiro atoms. The first kappa shape index (κ1) is 4.75. The van der Waals surface area contributed by atoms with E-state index in [1.54, 1.807) is 6.92 Å². The highest BCUT2D eigenvalue weighted by Gasteiger charge is 2.51. The SMILES string of the molecule is CC1(C=O)CC1F. The van der Waals surface area contributed by atoms with Crippen molar-refractivity contribution in [1.29, 1.82) is 0 Å². The topological polar surface area (TPSA) is 17.1 Å². The summed E-state index contributed by atoms with van der Waals surface area (Å²) in [5.41, 5.74) is -0.597. The van der Waals surface area contributed by atoms with Crippen LogP contribution in [0.3, 0.4) is 0 Å². The second-order valence-electron chi connectivity index (χ2n) is 2.30. The predicted molar refractivity (Wildman–Crippen MR) is 23.7 cm³/mol. The second kappa shape index (κ2) is 1.05. The molecule has 0 aromatic carbocycles. The fourth-order valence-corrected chi connectivity index (χ4v) is 0.449. The number of hydrogen-bond acceptors (Lipinski definition) is 1. The maximum Gasteiger partial charge on any atom is 0.128 e. The van der Waals surface area contributed by atoms with E-state index in [-0.39, 0.29) is 0 Å². The van der Waals surface area contributed by atoms with Gasteiger partial charge < -0.3 is 4.79 Å². The van der Waals surface area contributed by atoms with E-state index < -0.39 is 11.6 Å². The molecule has 0 amide bonds. The van der Waals surface area contributed by atoms with Crippen molar-refractivity contribution in [3.63, 3.8) is 0 Å². The van der Waals surface area contributed by atoms with E-state index in [1.165, 1.54) is 0 Å². The standard InChI is InChI=1S/C5H7FO/c1-5(3-7)2-4(5)6/h3-4H,2H2,1H3. The van der Waals surface area contributed by atoms with E-state index in [1.807, 2.05) is 0 Å². The Hall–Kier alpha value is -0.400. The molecule has 1 fully saturated rings. The van der Waals surface area contributed by atoms with Gasteiger partial charge in [0.25, 0.3) is 0 Å². The molecule has 1 saturated carbocycles. The van der Waals surface area contributed by atoms with Gasteiger partial charge >= 0.3 is 0 Å². The highest BCUT2D eigenvalue weighted by atomic mass is 19.1. The average molecular weight is 102 g/mol. The van der Waals surface area contributed by atoms with Gasteiger partial charge in [-0.15, -0.1) is 0 Å². The van der Waals surface area contributed by atoms with Gasteiger partial charge in [0.1, 0.15) is 12.5 Å². The molecule has 0 N–H and O–H groups in total. The summed E-state index contributed by atoms with van der Waals surface area (Å²) in [7, 11) is 0. The minimum absolute atomic E-state index is 0.427. The molecule has 1 rings (SSSR count). The lowest BCUT2D eigenvalue weighted by Crippen LogP contribution is -1.97. The van der Waals surface area contributed by atoms with Crippen LogP contribution in [0.5, 0.6) is 0 Å². The Morgan fingerprint density at radius 3 is 2.43 bits per heavy atom.